The molecule has 160 valence electrons. The Morgan fingerprint density at radius 1 is 1.20 bits per heavy atom. The van der Waals surface area contributed by atoms with E-state index in [4.69, 9.17) is 4.74 Å². The molecule has 0 aliphatic rings. The molecule has 0 fully saturated rings. The van der Waals surface area contributed by atoms with Gasteiger partial charge in [-0.1, -0.05) is 0 Å². The van der Waals surface area contributed by atoms with Gasteiger partial charge in [-0.25, -0.2) is 4.79 Å². The Morgan fingerprint density at radius 3 is 2.27 bits per heavy atom. The molecule has 1 aromatic carbocycles. The minimum atomic E-state index is -0.817. The summed E-state index contributed by atoms with van der Waals surface area (Å²) in [4.78, 5) is 49.8. The van der Waals surface area contributed by atoms with E-state index in [-0.39, 0.29) is 23.6 Å². The third kappa shape index (κ3) is 4.10. The second kappa shape index (κ2) is 8.89. The van der Waals surface area contributed by atoms with Gasteiger partial charge < -0.3 is 14.2 Å². The standard InChI is InChI=1S/C21H25N3O6/c1-7-30-21(27)18-12(2)17(13(3)22(18)5)19(25)14(4)23(6)20(26)15-8-10-16(11-9-15)24(28)29/h8-11,14H,7H2,1-6H3/t14-/m1/s1. The van der Waals surface area contributed by atoms with Gasteiger partial charge in [0.15, 0.2) is 5.78 Å². The number of nitro benzene ring substituents is 1. The van der Waals surface area contributed by atoms with Crippen LogP contribution in [0.25, 0.3) is 0 Å². The lowest BCUT2D eigenvalue weighted by molar-refractivity contribution is -0.384. The number of hydrogen-bond acceptors (Lipinski definition) is 6. The van der Waals surface area contributed by atoms with Crippen molar-refractivity contribution in [2.75, 3.05) is 13.7 Å². The molecule has 0 spiro atoms. The molecular weight excluding hydrogens is 390 g/mol. The number of carbonyl (C=O) groups excluding carboxylic acids is 3. The van der Waals surface area contributed by atoms with Crippen LogP contribution in [0.15, 0.2) is 24.3 Å². The molecule has 0 radical (unpaired) electrons. The van der Waals surface area contributed by atoms with Crippen molar-refractivity contribution in [2.24, 2.45) is 7.05 Å². The lowest BCUT2D eigenvalue weighted by atomic mass is 9.99. The van der Waals surface area contributed by atoms with Crippen LogP contribution in [0, 0.1) is 24.0 Å². The van der Waals surface area contributed by atoms with Gasteiger partial charge in [0.05, 0.1) is 17.6 Å². The largest absolute Gasteiger partial charge is 0.461 e. The highest BCUT2D eigenvalue weighted by Gasteiger charge is 2.31. The van der Waals surface area contributed by atoms with E-state index in [1.54, 1.807) is 39.3 Å². The number of carbonyl (C=O) groups is 3. The third-order valence-corrected chi connectivity index (χ3v) is 5.25. The number of benzene rings is 1. The first kappa shape index (κ1) is 22.8. The van der Waals surface area contributed by atoms with Crippen molar-refractivity contribution in [3.63, 3.8) is 0 Å². The zero-order valence-corrected chi connectivity index (χ0v) is 17.9. The molecule has 1 atom stereocenters. The summed E-state index contributed by atoms with van der Waals surface area (Å²) >= 11 is 0. The maximum Gasteiger partial charge on any atom is 0.355 e. The molecule has 9 heteroatoms. The van der Waals surface area contributed by atoms with E-state index >= 15 is 0 Å². The van der Waals surface area contributed by atoms with Crippen molar-refractivity contribution in [3.8, 4) is 0 Å². The fraction of sp³-hybridized carbons (Fsp3) is 0.381. The second-order valence-corrected chi connectivity index (χ2v) is 6.97. The van der Waals surface area contributed by atoms with Crippen LogP contribution in [0.4, 0.5) is 5.69 Å². The van der Waals surface area contributed by atoms with E-state index in [0.717, 1.165) is 0 Å². The molecule has 2 aromatic rings. The Balaban J connectivity index is 2.32. The molecule has 2 rings (SSSR count). The number of likely N-dealkylation sites (N-methyl/N-ethyl adjacent to an activating group) is 1. The molecular formula is C21H25N3O6. The van der Waals surface area contributed by atoms with Crippen molar-refractivity contribution in [3.05, 3.63) is 62.5 Å². The highest BCUT2D eigenvalue weighted by atomic mass is 16.6. The number of non-ortho nitro benzene ring substituents is 1. The lowest BCUT2D eigenvalue weighted by Crippen LogP contribution is -2.40. The molecule has 1 aromatic heterocycles. The first-order valence-electron chi connectivity index (χ1n) is 9.41. The number of aromatic nitrogens is 1. The number of nitro groups is 1. The first-order chi connectivity index (χ1) is 14.0. The number of rotatable bonds is 7. The van der Waals surface area contributed by atoms with Crippen LogP contribution in [0.3, 0.4) is 0 Å². The Morgan fingerprint density at radius 2 is 1.77 bits per heavy atom. The molecule has 0 saturated heterocycles. The third-order valence-electron chi connectivity index (χ3n) is 5.25. The number of Topliss-reactive ketones (excluding diaryl/α,β-unsaturated/α-hetero) is 1. The van der Waals surface area contributed by atoms with Crippen molar-refractivity contribution < 1.29 is 24.0 Å². The predicted molar refractivity (Wildman–Crippen MR) is 110 cm³/mol. The van der Waals surface area contributed by atoms with Gasteiger partial charge in [0, 0.05) is 43.0 Å². The number of ether oxygens (including phenoxy) is 1. The van der Waals surface area contributed by atoms with E-state index < -0.39 is 22.8 Å². The highest BCUT2D eigenvalue weighted by Crippen LogP contribution is 2.25. The van der Waals surface area contributed by atoms with E-state index in [9.17, 15) is 24.5 Å². The Hall–Kier alpha value is -3.49. The van der Waals surface area contributed by atoms with Crippen molar-refractivity contribution in [1.82, 2.24) is 9.47 Å². The van der Waals surface area contributed by atoms with Gasteiger partial charge >= 0.3 is 5.97 Å². The molecule has 30 heavy (non-hydrogen) atoms. The van der Waals surface area contributed by atoms with E-state index in [1.807, 2.05) is 0 Å². The maximum atomic E-state index is 13.2. The summed E-state index contributed by atoms with van der Waals surface area (Å²) in [7, 11) is 3.17. The minimum absolute atomic E-state index is 0.125. The van der Waals surface area contributed by atoms with Crippen molar-refractivity contribution >= 4 is 23.3 Å². The summed E-state index contributed by atoms with van der Waals surface area (Å²) in [5, 5.41) is 10.8. The van der Waals surface area contributed by atoms with E-state index in [0.29, 0.717) is 22.5 Å². The molecule has 0 N–H and O–H groups in total. The smallest absolute Gasteiger partial charge is 0.355 e. The number of ketones is 1. The normalized spacial score (nSPS) is 11.7. The molecule has 0 aliphatic heterocycles. The molecule has 9 nitrogen and oxygen atoms in total. The summed E-state index contributed by atoms with van der Waals surface area (Å²) in [6.07, 6.45) is 0. The quantitative estimate of drug-likeness (QED) is 0.297. The van der Waals surface area contributed by atoms with Crippen LogP contribution in [-0.2, 0) is 11.8 Å². The van der Waals surface area contributed by atoms with Crippen LogP contribution >= 0.6 is 0 Å². The number of amides is 1. The van der Waals surface area contributed by atoms with Gasteiger partial charge in [-0.05, 0) is 45.4 Å². The lowest BCUT2D eigenvalue weighted by Gasteiger charge is -2.24. The number of nitrogens with zero attached hydrogens (tertiary/aromatic N) is 3. The van der Waals surface area contributed by atoms with Gasteiger partial charge in [0.25, 0.3) is 11.6 Å². The summed E-state index contributed by atoms with van der Waals surface area (Å²) in [6, 6.07) is 4.37. The van der Waals surface area contributed by atoms with Gasteiger partial charge in [0.1, 0.15) is 5.69 Å². The Bertz CT molecular complexity index is 1010. The predicted octanol–water partition coefficient (Wildman–Crippen LogP) is 3.07. The topological polar surface area (TPSA) is 112 Å². The van der Waals surface area contributed by atoms with Gasteiger partial charge in [-0.15, -0.1) is 0 Å². The fourth-order valence-electron chi connectivity index (χ4n) is 3.32. The average Bonchev–Trinajstić information content (AvgIpc) is 2.94. The summed E-state index contributed by atoms with van der Waals surface area (Å²) in [5.74, 6) is -1.26. The van der Waals surface area contributed by atoms with Gasteiger partial charge in [-0.2, -0.15) is 0 Å². The first-order valence-corrected chi connectivity index (χ1v) is 9.41. The van der Waals surface area contributed by atoms with Crippen LogP contribution in [-0.4, -0.2) is 51.7 Å². The number of esters is 1. The van der Waals surface area contributed by atoms with Gasteiger partial charge in [0.2, 0.25) is 0 Å². The highest BCUT2D eigenvalue weighted by molar-refractivity contribution is 6.07. The van der Waals surface area contributed by atoms with Crippen LogP contribution < -0.4 is 0 Å². The van der Waals surface area contributed by atoms with Gasteiger partial charge in [-0.3, -0.25) is 19.7 Å². The minimum Gasteiger partial charge on any atom is -0.461 e. The molecule has 0 aliphatic carbocycles. The zero-order valence-electron chi connectivity index (χ0n) is 17.9. The SMILES string of the molecule is CCOC(=O)c1c(C)c(C(=O)[C@@H](C)N(C)C(=O)c2ccc([N+](=O)[O-])cc2)c(C)n1C. The summed E-state index contributed by atoms with van der Waals surface area (Å²) in [5.41, 5.74) is 1.88. The molecule has 0 unspecified atom stereocenters. The fourth-order valence-corrected chi connectivity index (χ4v) is 3.32. The van der Waals surface area contributed by atoms with Crippen LogP contribution in [0.1, 0.15) is 56.3 Å². The molecule has 1 amide bonds. The average molecular weight is 415 g/mol. The van der Waals surface area contributed by atoms with Crippen molar-refractivity contribution in [2.45, 2.75) is 33.7 Å². The second-order valence-electron chi connectivity index (χ2n) is 6.97. The number of hydrogen-bond donors (Lipinski definition) is 0. The molecule has 1 heterocycles. The Kier molecular flexibility index (Phi) is 6.76. The molecule has 0 bridgehead atoms. The van der Waals surface area contributed by atoms with Crippen LogP contribution in [0.5, 0.6) is 0 Å². The summed E-state index contributed by atoms with van der Waals surface area (Å²) < 4.78 is 6.70. The summed E-state index contributed by atoms with van der Waals surface area (Å²) in [6.45, 7) is 6.93. The maximum absolute atomic E-state index is 13.2. The van der Waals surface area contributed by atoms with Crippen molar-refractivity contribution in [1.29, 1.82) is 0 Å². The Labute approximate surface area is 174 Å². The van der Waals surface area contributed by atoms with E-state index in [2.05, 4.69) is 0 Å². The van der Waals surface area contributed by atoms with E-state index in [1.165, 1.54) is 36.2 Å². The monoisotopic (exact) mass is 415 g/mol. The van der Waals surface area contributed by atoms with Crippen LogP contribution in [0.2, 0.25) is 0 Å². The zero-order chi connectivity index (χ0) is 22.7. The molecule has 0 saturated carbocycles.